The van der Waals surface area contributed by atoms with Crippen LogP contribution >= 0.6 is 0 Å². The van der Waals surface area contributed by atoms with Crippen molar-refractivity contribution in [3.63, 3.8) is 0 Å². The van der Waals surface area contributed by atoms with Crippen molar-refractivity contribution < 1.29 is 9.84 Å². The summed E-state index contributed by atoms with van der Waals surface area (Å²) in [5, 5.41) is 13.5. The maximum Gasteiger partial charge on any atom is 0.142 e. The monoisotopic (exact) mass is 285 g/mol. The summed E-state index contributed by atoms with van der Waals surface area (Å²) in [6, 6.07) is 15.4. The van der Waals surface area contributed by atoms with Crippen molar-refractivity contribution in [3.05, 3.63) is 54.1 Å². The zero-order chi connectivity index (χ0) is 15.2. The molecule has 0 aliphatic heterocycles. The number of aromatic hydroxyl groups is 1. The molecule has 0 radical (unpaired) electrons. The van der Waals surface area contributed by atoms with Gasteiger partial charge in [-0.15, -0.1) is 0 Å². The molecule has 3 heteroatoms. The van der Waals surface area contributed by atoms with Crippen LogP contribution in [-0.4, -0.2) is 11.2 Å². The molecule has 1 atom stereocenters. The van der Waals surface area contributed by atoms with Crippen LogP contribution in [0.15, 0.2) is 48.5 Å². The Kier molecular flexibility index (Phi) is 5.09. The average Bonchev–Trinajstić information content (AvgIpc) is 2.47. The number of benzene rings is 2. The lowest BCUT2D eigenvalue weighted by Gasteiger charge is -2.22. The van der Waals surface area contributed by atoms with E-state index in [1.807, 2.05) is 56.3 Å². The zero-order valence-electron chi connectivity index (χ0n) is 12.8. The van der Waals surface area contributed by atoms with Gasteiger partial charge in [0.25, 0.3) is 0 Å². The number of nitrogens with one attached hydrogen (secondary N) is 1. The summed E-state index contributed by atoms with van der Waals surface area (Å²) in [5.41, 5.74) is 1.85. The molecule has 0 heterocycles. The van der Waals surface area contributed by atoms with Gasteiger partial charge in [-0.05, 0) is 38.5 Å². The fourth-order valence-corrected chi connectivity index (χ4v) is 2.31. The normalized spacial score (nSPS) is 12.2. The highest BCUT2D eigenvalue weighted by Gasteiger charge is 2.15. The molecule has 112 valence electrons. The number of ether oxygens (including phenoxy) is 1. The molecule has 0 aliphatic carbocycles. The molecule has 2 rings (SSSR count). The first-order valence-electron chi connectivity index (χ1n) is 7.42. The van der Waals surface area contributed by atoms with E-state index in [0.29, 0.717) is 5.75 Å². The summed E-state index contributed by atoms with van der Waals surface area (Å²) in [4.78, 5) is 0. The van der Waals surface area contributed by atoms with E-state index in [1.54, 1.807) is 6.07 Å². The van der Waals surface area contributed by atoms with Gasteiger partial charge in [0.15, 0.2) is 0 Å². The molecule has 21 heavy (non-hydrogen) atoms. The summed E-state index contributed by atoms with van der Waals surface area (Å²) in [5.74, 6) is 1.15. The molecule has 0 saturated heterocycles. The summed E-state index contributed by atoms with van der Waals surface area (Å²) in [6.07, 6.45) is 0.992. The first-order valence-corrected chi connectivity index (χ1v) is 7.42. The van der Waals surface area contributed by atoms with E-state index < -0.39 is 0 Å². The maximum absolute atomic E-state index is 10.0. The minimum absolute atomic E-state index is 0.0445. The third-order valence-electron chi connectivity index (χ3n) is 3.30. The van der Waals surface area contributed by atoms with Crippen molar-refractivity contribution in [3.8, 4) is 11.5 Å². The fourth-order valence-electron chi connectivity index (χ4n) is 2.31. The first kappa shape index (κ1) is 15.2. The predicted octanol–water partition coefficient (Wildman–Crippen LogP) is 4.74. The Bertz CT molecular complexity index is 581. The van der Waals surface area contributed by atoms with Gasteiger partial charge >= 0.3 is 0 Å². The number of para-hydroxylation sites is 3. The molecule has 0 fully saturated rings. The van der Waals surface area contributed by atoms with Crippen LogP contribution in [-0.2, 0) is 0 Å². The standard InChI is InChI=1S/C18H23NO2/c1-4-15(14-9-5-7-11-17(14)20)19-16-10-6-8-12-18(16)21-13(2)3/h5-13,15,19-20H,4H2,1-3H3. The Hall–Kier alpha value is -2.16. The average molecular weight is 285 g/mol. The molecule has 0 bridgehead atoms. The molecule has 0 aliphatic rings. The van der Waals surface area contributed by atoms with Gasteiger partial charge in [0.2, 0.25) is 0 Å². The van der Waals surface area contributed by atoms with Gasteiger partial charge in [0.1, 0.15) is 11.5 Å². The summed E-state index contributed by atoms with van der Waals surface area (Å²) in [7, 11) is 0. The van der Waals surface area contributed by atoms with E-state index >= 15 is 0 Å². The van der Waals surface area contributed by atoms with Crippen molar-refractivity contribution >= 4 is 5.69 Å². The van der Waals surface area contributed by atoms with Crippen molar-refractivity contribution in [2.75, 3.05) is 5.32 Å². The predicted molar refractivity (Wildman–Crippen MR) is 87.0 cm³/mol. The SMILES string of the molecule is CCC(Nc1ccccc1OC(C)C)c1ccccc1O. The van der Waals surface area contributed by atoms with Crippen molar-refractivity contribution in [1.82, 2.24) is 0 Å². The largest absolute Gasteiger partial charge is 0.508 e. The number of hydrogen-bond donors (Lipinski definition) is 2. The second-order valence-corrected chi connectivity index (χ2v) is 5.33. The fraction of sp³-hybridized carbons (Fsp3) is 0.333. The number of anilines is 1. The van der Waals surface area contributed by atoms with Gasteiger partial charge in [0.05, 0.1) is 17.8 Å². The second kappa shape index (κ2) is 7.02. The Labute approximate surface area is 126 Å². The van der Waals surface area contributed by atoms with Gasteiger partial charge in [0, 0.05) is 5.56 Å². The number of phenolic OH excluding ortho intramolecular Hbond substituents is 1. The summed E-state index contributed by atoms with van der Waals surface area (Å²) in [6.45, 7) is 6.12. The third-order valence-corrected chi connectivity index (χ3v) is 3.30. The molecule has 0 spiro atoms. The van der Waals surface area contributed by atoms with E-state index in [0.717, 1.165) is 23.4 Å². The lowest BCUT2D eigenvalue weighted by atomic mass is 10.0. The van der Waals surface area contributed by atoms with Crippen LogP contribution in [0.1, 0.15) is 38.8 Å². The van der Waals surface area contributed by atoms with E-state index in [-0.39, 0.29) is 12.1 Å². The lowest BCUT2D eigenvalue weighted by molar-refractivity contribution is 0.243. The van der Waals surface area contributed by atoms with Gasteiger partial charge in [-0.25, -0.2) is 0 Å². The smallest absolute Gasteiger partial charge is 0.142 e. The molecular formula is C18H23NO2. The molecule has 1 unspecified atom stereocenters. The van der Waals surface area contributed by atoms with E-state index in [4.69, 9.17) is 4.74 Å². The van der Waals surface area contributed by atoms with E-state index in [2.05, 4.69) is 12.2 Å². The van der Waals surface area contributed by atoms with Crippen LogP contribution in [0.2, 0.25) is 0 Å². The summed E-state index contributed by atoms with van der Waals surface area (Å²) >= 11 is 0. The van der Waals surface area contributed by atoms with Gasteiger partial charge in [-0.2, -0.15) is 0 Å². The molecule has 2 N–H and O–H groups in total. The molecule has 2 aromatic rings. The van der Waals surface area contributed by atoms with Crippen LogP contribution in [0.5, 0.6) is 11.5 Å². The highest BCUT2D eigenvalue weighted by Crippen LogP contribution is 2.33. The number of phenols is 1. The Morgan fingerprint density at radius 1 is 1.05 bits per heavy atom. The van der Waals surface area contributed by atoms with Crippen molar-refractivity contribution in [1.29, 1.82) is 0 Å². The Morgan fingerprint density at radius 2 is 1.71 bits per heavy atom. The highest BCUT2D eigenvalue weighted by molar-refractivity contribution is 5.58. The van der Waals surface area contributed by atoms with Gasteiger partial charge < -0.3 is 15.2 Å². The second-order valence-electron chi connectivity index (χ2n) is 5.33. The van der Waals surface area contributed by atoms with Crippen LogP contribution in [0.25, 0.3) is 0 Å². The Morgan fingerprint density at radius 3 is 2.38 bits per heavy atom. The van der Waals surface area contributed by atoms with Crippen molar-refractivity contribution in [2.45, 2.75) is 39.3 Å². The highest BCUT2D eigenvalue weighted by atomic mass is 16.5. The molecule has 3 nitrogen and oxygen atoms in total. The minimum atomic E-state index is 0.0445. The minimum Gasteiger partial charge on any atom is -0.508 e. The van der Waals surface area contributed by atoms with Crippen LogP contribution < -0.4 is 10.1 Å². The third kappa shape index (κ3) is 3.91. The van der Waals surface area contributed by atoms with Crippen LogP contribution in [0, 0.1) is 0 Å². The molecule has 0 saturated carbocycles. The maximum atomic E-state index is 10.0. The Balaban J connectivity index is 2.25. The van der Waals surface area contributed by atoms with Crippen LogP contribution in [0.3, 0.4) is 0 Å². The van der Waals surface area contributed by atoms with Crippen molar-refractivity contribution in [2.24, 2.45) is 0 Å². The van der Waals surface area contributed by atoms with Crippen LogP contribution in [0.4, 0.5) is 5.69 Å². The zero-order valence-corrected chi connectivity index (χ0v) is 12.8. The molecule has 0 amide bonds. The van der Waals surface area contributed by atoms with Gasteiger partial charge in [-0.1, -0.05) is 37.3 Å². The topological polar surface area (TPSA) is 41.5 Å². The number of rotatable bonds is 6. The van der Waals surface area contributed by atoms with E-state index in [1.165, 1.54) is 0 Å². The van der Waals surface area contributed by atoms with Gasteiger partial charge in [-0.3, -0.25) is 0 Å². The molecular weight excluding hydrogens is 262 g/mol. The summed E-state index contributed by atoms with van der Waals surface area (Å²) < 4.78 is 5.83. The number of hydrogen-bond acceptors (Lipinski definition) is 3. The lowest BCUT2D eigenvalue weighted by Crippen LogP contribution is -2.13. The van der Waals surface area contributed by atoms with E-state index in [9.17, 15) is 5.11 Å². The molecule has 2 aromatic carbocycles. The molecule has 0 aromatic heterocycles. The first-order chi connectivity index (χ1) is 10.1. The quantitative estimate of drug-likeness (QED) is 0.805.